The Morgan fingerprint density at radius 2 is 1.64 bits per heavy atom. The average molecular weight is 170 g/mol. The van der Waals surface area contributed by atoms with E-state index in [1.54, 1.807) is 6.92 Å². The number of hydrogen-bond donors (Lipinski definition) is 0. The predicted molar refractivity (Wildman–Crippen MR) is 36.4 cm³/mol. The van der Waals surface area contributed by atoms with Crippen molar-refractivity contribution in [3.05, 3.63) is 0 Å². The van der Waals surface area contributed by atoms with Crippen LogP contribution < -0.4 is 0 Å². The predicted octanol–water partition coefficient (Wildman–Crippen LogP) is 2.75. The first-order chi connectivity index (χ1) is 4.87. The number of ether oxygens (including phenoxy) is 1. The van der Waals surface area contributed by atoms with Gasteiger partial charge in [-0.2, -0.15) is 13.2 Å². The molecule has 1 unspecified atom stereocenters. The summed E-state index contributed by atoms with van der Waals surface area (Å²) < 4.78 is 41.1. The minimum atomic E-state index is -4.27. The molecule has 0 aromatic rings. The van der Waals surface area contributed by atoms with E-state index < -0.39 is 11.8 Å². The maximum atomic E-state index is 12.2. The van der Waals surface area contributed by atoms with Crippen LogP contribution in [0.15, 0.2) is 0 Å². The molecule has 0 bridgehead atoms. The summed E-state index contributed by atoms with van der Waals surface area (Å²) in [5.74, 6) is 0. The number of alkyl halides is 3. The second-order valence-electron chi connectivity index (χ2n) is 2.52. The third-order valence-corrected chi connectivity index (χ3v) is 1.74. The van der Waals surface area contributed by atoms with Crippen molar-refractivity contribution < 1.29 is 17.9 Å². The quantitative estimate of drug-likeness (QED) is 0.632. The maximum absolute atomic E-state index is 12.2. The molecule has 0 heterocycles. The van der Waals surface area contributed by atoms with Crippen molar-refractivity contribution in [2.45, 2.75) is 39.0 Å². The zero-order chi connectivity index (χ0) is 9.12. The van der Waals surface area contributed by atoms with Crippen LogP contribution >= 0.6 is 0 Å². The molecule has 0 aliphatic rings. The van der Waals surface area contributed by atoms with Gasteiger partial charge in [0.1, 0.15) is 0 Å². The van der Waals surface area contributed by atoms with E-state index in [2.05, 4.69) is 4.74 Å². The SMILES string of the molecule is CCOC(C)(CC)C(F)(F)F. The lowest BCUT2D eigenvalue weighted by molar-refractivity contribution is -0.270. The van der Waals surface area contributed by atoms with Crippen molar-refractivity contribution in [2.75, 3.05) is 6.61 Å². The molecule has 0 amide bonds. The smallest absolute Gasteiger partial charge is 0.366 e. The van der Waals surface area contributed by atoms with Crippen LogP contribution in [0.4, 0.5) is 13.2 Å². The standard InChI is InChI=1S/C7H13F3O/c1-4-6(3,11-5-2)7(8,9)10/h4-5H2,1-3H3. The fraction of sp³-hybridized carbons (Fsp3) is 1.00. The zero-order valence-electron chi connectivity index (χ0n) is 6.96. The van der Waals surface area contributed by atoms with Gasteiger partial charge in [-0.05, 0) is 20.3 Å². The van der Waals surface area contributed by atoms with Gasteiger partial charge in [-0.15, -0.1) is 0 Å². The van der Waals surface area contributed by atoms with Gasteiger partial charge in [0.25, 0.3) is 0 Å². The molecule has 11 heavy (non-hydrogen) atoms. The molecule has 0 spiro atoms. The summed E-state index contributed by atoms with van der Waals surface area (Å²) in [4.78, 5) is 0. The van der Waals surface area contributed by atoms with Gasteiger partial charge in [0, 0.05) is 6.61 Å². The second-order valence-corrected chi connectivity index (χ2v) is 2.52. The number of halogens is 3. The van der Waals surface area contributed by atoms with E-state index in [0.717, 1.165) is 6.92 Å². The first kappa shape index (κ1) is 10.8. The van der Waals surface area contributed by atoms with Gasteiger partial charge in [0.15, 0.2) is 5.60 Å². The van der Waals surface area contributed by atoms with Crippen LogP contribution in [0, 0.1) is 0 Å². The van der Waals surface area contributed by atoms with E-state index >= 15 is 0 Å². The van der Waals surface area contributed by atoms with Gasteiger partial charge in [-0.3, -0.25) is 0 Å². The highest BCUT2D eigenvalue weighted by molar-refractivity contribution is 4.81. The highest BCUT2D eigenvalue weighted by atomic mass is 19.4. The average Bonchev–Trinajstić information content (AvgIpc) is 1.86. The third kappa shape index (κ3) is 2.36. The minimum Gasteiger partial charge on any atom is -0.366 e. The zero-order valence-corrected chi connectivity index (χ0v) is 6.96. The maximum Gasteiger partial charge on any atom is 0.417 e. The van der Waals surface area contributed by atoms with Crippen LogP contribution in [-0.2, 0) is 4.74 Å². The molecule has 0 N–H and O–H groups in total. The molecule has 0 saturated heterocycles. The topological polar surface area (TPSA) is 9.23 Å². The van der Waals surface area contributed by atoms with E-state index in [-0.39, 0.29) is 13.0 Å². The first-order valence-electron chi connectivity index (χ1n) is 3.58. The largest absolute Gasteiger partial charge is 0.417 e. The van der Waals surface area contributed by atoms with Gasteiger partial charge in [0.05, 0.1) is 0 Å². The Morgan fingerprint density at radius 3 is 1.73 bits per heavy atom. The fourth-order valence-corrected chi connectivity index (χ4v) is 0.703. The lowest BCUT2D eigenvalue weighted by Gasteiger charge is -2.30. The molecular formula is C7H13F3O. The van der Waals surface area contributed by atoms with Crippen LogP contribution in [0.5, 0.6) is 0 Å². The summed E-state index contributed by atoms with van der Waals surface area (Å²) in [7, 11) is 0. The molecule has 1 nitrogen and oxygen atoms in total. The monoisotopic (exact) mass is 170 g/mol. The second kappa shape index (κ2) is 3.43. The van der Waals surface area contributed by atoms with Crippen LogP contribution in [0.3, 0.4) is 0 Å². The van der Waals surface area contributed by atoms with Gasteiger partial charge in [-0.1, -0.05) is 6.92 Å². The Bertz CT molecular complexity index is 121. The van der Waals surface area contributed by atoms with E-state index in [9.17, 15) is 13.2 Å². The Labute approximate surface area is 64.5 Å². The molecule has 0 saturated carbocycles. The molecule has 0 rings (SSSR count). The Hall–Kier alpha value is -0.250. The highest BCUT2D eigenvalue weighted by Gasteiger charge is 2.50. The van der Waals surface area contributed by atoms with Crippen molar-refractivity contribution in [3.8, 4) is 0 Å². The number of rotatable bonds is 3. The van der Waals surface area contributed by atoms with E-state index in [4.69, 9.17) is 0 Å². The summed E-state index contributed by atoms with van der Waals surface area (Å²) in [5, 5.41) is 0. The molecule has 0 aromatic carbocycles. The third-order valence-electron chi connectivity index (χ3n) is 1.74. The van der Waals surface area contributed by atoms with Crippen LogP contribution in [-0.4, -0.2) is 18.4 Å². The normalized spacial score (nSPS) is 18.0. The summed E-state index contributed by atoms with van der Waals surface area (Å²) in [6, 6.07) is 0. The van der Waals surface area contributed by atoms with Crippen molar-refractivity contribution in [3.63, 3.8) is 0 Å². The molecule has 4 heteroatoms. The Balaban J connectivity index is 4.33. The van der Waals surface area contributed by atoms with E-state index in [1.165, 1.54) is 6.92 Å². The highest BCUT2D eigenvalue weighted by Crippen LogP contribution is 2.35. The van der Waals surface area contributed by atoms with Crippen molar-refractivity contribution in [1.29, 1.82) is 0 Å². The van der Waals surface area contributed by atoms with Crippen molar-refractivity contribution in [1.82, 2.24) is 0 Å². The van der Waals surface area contributed by atoms with Crippen LogP contribution in [0.2, 0.25) is 0 Å². The molecule has 1 atom stereocenters. The van der Waals surface area contributed by atoms with Gasteiger partial charge < -0.3 is 4.74 Å². The fourth-order valence-electron chi connectivity index (χ4n) is 0.703. The summed E-state index contributed by atoms with van der Waals surface area (Å²) in [6.07, 6.45) is -4.32. The molecule has 0 aromatic heterocycles. The molecule has 0 fully saturated rings. The Morgan fingerprint density at radius 1 is 1.18 bits per heavy atom. The Kier molecular flexibility index (Phi) is 3.35. The number of hydrogen-bond acceptors (Lipinski definition) is 1. The first-order valence-corrected chi connectivity index (χ1v) is 3.58. The van der Waals surface area contributed by atoms with Crippen LogP contribution in [0.25, 0.3) is 0 Å². The van der Waals surface area contributed by atoms with E-state index in [1.807, 2.05) is 0 Å². The van der Waals surface area contributed by atoms with Gasteiger partial charge in [0.2, 0.25) is 0 Å². The summed E-state index contributed by atoms with van der Waals surface area (Å²) in [5.41, 5.74) is -1.97. The molecule has 0 aliphatic carbocycles. The molecule has 0 aliphatic heterocycles. The summed E-state index contributed by atoms with van der Waals surface area (Å²) >= 11 is 0. The molecule has 0 radical (unpaired) electrons. The molecular weight excluding hydrogens is 157 g/mol. The lowest BCUT2D eigenvalue weighted by atomic mass is 10.0. The molecule has 68 valence electrons. The van der Waals surface area contributed by atoms with Gasteiger partial charge >= 0.3 is 6.18 Å². The van der Waals surface area contributed by atoms with Gasteiger partial charge in [-0.25, -0.2) is 0 Å². The van der Waals surface area contributed by atoms with Crippen molar-refractivity contribution in [2.24, 2.45) is 0 Å². The van der Waals surface area contributed by atoms with Crippen LogP contribution in [0.1, 0.15) is 27.2 Å². The minimum absolute atomic E-state index is 0.0513. The van der Waals surface area contributed by atoms with Crippen molar-refractivity contribution >= 4 is 0 Å². The summed E-state index contributed by atoms with van der Waals surface area (Å²) in [6.45, 7) is 4.17. The van der Waals surface area contributed by atoms with E-state index in [0.29, 0.717) is 0 Å². The lowest BCUT2D eigenvalue weighted by Crippen LogP contribution is -2.44.